The van der Waals surface area contributed by atoms with Gasteiger partial charge in [0.05, 0.1) is 19.6 Å². The zero-order chi connectivity index (χ0) is 18.8. The topological polar surface area (TPSA) is 70.7 Å². The molecule has 0 aliphatic carbocycles. The van der Waals surface area contributed by atoms with E-state index in [2.05, 4.69) is 10.6 Å². The summed E-state index contributed by atoms with van der Waals surface area (Å²) in [7, 11) is 3.38. The molecule has 27 heavy (non-hydrogen) atoms. The van der Waals surface area contributed by atoms with Gasteiger partial charge in [0.15, 0.2) is 0 Å². The largest absolute Gasteiger partial charge is 0.383 e. The molecule has 0 aliphatic rings. The van der Waals surface area contributed by atoms with E-state index < -0.39 is 0 Å². The summed E-state index contributed by atoms with van der Waals surface area (Å²) >= 11 is 0. The number of ether oxygens (including phenoxy) is 1. The second-order valence-electron chi connectivity index (χ2n) is 5.88. The van der Waals surface area contributed by atoms with Crippen LogP contribution in [0.1, 0.15) is 5.56 Å². The van der Waals surface area contributed by atoms with Crippen LogP contribution >= 0.6 is 12.4 Å². The summed E-state index contributed by atoms with van der Waals surface area (Å²) in [6.45, 7) is 1.42. The summed E-state index contributed by atoms with van der Waals surface area (Å²) < 4.78 is 4.91. The molecule has 0 saturated carbocycles. The summed E-state index contributed by atoms with van der Waals surface area (Å²) in [6.07, 6.45) is 0.304. The number of likely N-dealkylation sites (N-methyl/N-ethyl adjacent to an activating group) is 1. The van der Waals surface area contributed by atoms with Gasteiger partial charge in [-0.2, -0.15) is 0 Å². The molecular formula is C20H26ClN3O3. The lowest BCUT2D eigenvalue weighted by Crippen LogP contribution is -2.30. The quantitative estimate of drug-likeness (QED) is 0.644. The molecule has 0 heterocycles. The first-order chi connectivity index (χ1) is 12.6. The van der Waals surface area contributed by atoms with E-state index in [1.54, 1.807) is 31.2 Å². The van der Waals surface area contributed by atoms with E-state index >= 15 is 0 Å². The van der Waals surface area contributed by atoms with Crippen LogP contribution in [0.4, 0.5) is 11.4 Å². The van der Waals surface area contributed by atoms with Crippen LogP contribution in [-0.2, 0) is 20.7 Å². The molecule has 6 nitrogen and oxygen atoms in total. The molecule has 2 N–H and O–H groups in total. The van der Waals surface area contributed by atoms with Crippen LogP contribution in [0.25, 0.3) is 0 Å². The number of anilines is 2. The van der Waals surface area contributed by atoms with Gasteiger partial charge in [0, 0.05) is 32.1 Å². The standard InChI is InChI=1S/C20H25N3O3.ClH/c1-23(18-6-4-3-5-7-18)20(25)14-16-8-10-17(11-9-16)22-19(24)15-21-12-13-26-2;/h3-11,21H,12-15H2,1-2H3,(H,22,24);1H. The minimum Gasteiger partial charge on any atom is -0.383 e. The predicted molar refractivity (Wildman–Crippen MR) is 111 cm³/mol. The molecule has 0 unspecified atom stereocenters. The molecule has 0 fully saturated rings. The number of nitrogens with zero attached hydrogens (tertiary/aromatic N) is 1. The number of methoxy groups -OCH3 is 1. The van der Waals surface area contributed by atoms with E-state index in [4.69, 9.17) is 4.74 Å². The highest BCUT2D eigenvalue weighted by Crippen LogP contribution is 2.14. The number of amides is 2. The average molecular weight is 392 g/mol. The van der Waals surface area contributed by atoms with Crippen molar-refractivity contribution in [1.29, 1.82) is 0 Å². The minimum absolute atomic E-state index is 0. The van der Waals surface area contributed by atoms with Crippen LogP contribution in [0.15, 0.2) is 54.6 Å². The predicted octanol–water partition coefficient (Wildman–Crippen LogP) is 2.49. The summed E-state index contributed by atoms with van der Waals surface area (Å²) in [6, 6.07) is 16.8. The normalized spacial score (nSPS) is 10.0. The maximum Gasteiger partial charge on any atom is 0.238 e. The van der Waals surface area contributed by atoms with E-state index in [0.29, 0.717) is 25.3 Å². The first-order valence-electron chi connectivity index (χ1n) is 8.50. The molecule has 0 atom stereocenters. The second-order valence-corrected chi connectivity index (χ2v) is 5.88. The van der Waals surface area contributed by atoms with Crippen LogP contribution in [0.3, 0.4) is 0 Å². The minimum atomic E-state index is -0.117. The van der Waals surface area contributed by atoms with E-state index in [9.17, 15) is 9.59 Å². The van der Waals surface area contributed by atoms with Crippen molar-refractivity contribution in [2.24, 2.45) is 0 Å². The van der Waals surface area contributed by atoms with Crippen molar-refractivity contribution >= 4 is 35.6 Å². The van der Waals surface area contributed by atoms with E-state index in [0.717, 1.165) is 11.3 Å². The third-order valence-corrected chi connectivity index (χ3v) is 3.88. The van der Waals surface area contributed by atoms with Crippen molar-refractivity contribution in [2.45, 2.75) is 6.42 Å². The van der Waals surface area contributed by atoms with Crippen LogP contribution in [-0.4, -0.2) is 45.7 Å². The van der Waals surface area contributed by atoms with Gasteiger partial charge in [-0.3, -0.25) is 9.59 Å². The zero-order valence-electron chi connectivity index (χ0n) is 15.6. The molecule has 0 aromatic heterocycles. The first kappa shape index (κ1) is 22.6. The number of hydrogen-bond donors (Lipinski definition) is 2. The first-order valence-corrected chi connectivity index (χ1v) is 8.50. The maximum absolute atomic E-state index is 12.4. The molecule has 7 heteroatoms. The van der Waals surface area contributed by atoms with Gasteiger partial charge in [-0.05, 0) is 29.8 Å². The summed E-state index contributed by atoms with van der Waals surface area (Å²) in [5.74, 6) is -0.107. The molecule has 2 aromatic rings. The van der Waals surface area contributed by atoms with Gasteiger partial charge < -0.3 is 20.3 Å². The third kappa shape index (κ3) is 7.78. The number of nitrogens with one attached hydrogen (secondary N) is 2. The molecular weight excluding hydrogens is 366 g/mol. The maximum atomic E-state index is 12.4. The van der Waals surface area contributed by atoms with E-state index in [1.807, 2.05) is 42.5 Å². The fourth-order valence-electron chi connectivity index (χ4n) is 2.38. The van der Waals surface area contributed by atoms with Crippen molar-refractivity contribution in [3.63, 3.8) is 0 Å². The SMILES string of the molecule is COCCNCC(=O)Nc1ccc(CC(=O)N(C)c2ccccc2)cc1.Cl. The van der Waals surface area contributed by atoms with Gasteiger partial charge in [0.1, 0.15) is 0 Å². The molecule has 146 valence electrons. The Morgan fingerprint density at radius 2 is 1.70 bits per heavy atom. The van der Waals surface area contributed by atoms with Gasteiger partial charge >= 0.3 is 0 Å². The molecule has 0 saturated heterocycles. The van der Waals surface area contributed by atoms with Crippen molar-refractivity contribution < 1.29 is 14.3 Å². The molecule has 0 bridgehead atoms. The lowest BCUT2D eigenvalue weighted by Gasteiger charge is -2.17. The van der Waals surface area contributed by atoms with Crippen LogP contribution in [0.5, 0.6) is 0 Å². The highest BCUT2D eigenvalue weighted by atomic mass is 35.5. The van der Waals surface area contributed by atoms with Crippen molar-refractivity contribution in [2.75, 3.05) is 44.1 Å². The lowest BCUT2D eigenvalue weighted by atomic mass is 10.1. The second kappa shape index (κ2) is 12.1. The Labute approximate surface area is 166 Å². The Bertz CT molecular complexity index is 708. The zero-order valence-corrected chi connectivity index (χ0v) is 16.4. The molecule has 0 radical (unpaired) electrons. The van der Waals surface area contributed by atoms with Crippen LogP contribution < -0.4 is 15.5 Å². The monoisotopic (exact) mass is 391 g/mol. The molecule has 2 amide bonds. The molecule has 2 aromatic carbocycles. The van der Waals surface area contributed by atoms with Gasteiger partial charge in [0.25, 0.3) is 0 Å². The number of benzene rings is 2. The van der Waals surface area contributed by atoms with Crippen molar-refractivity contribution in [3.8, 4) is 0 Å². The number of halogens is 1. The van der Waals surface area contributed by atoms with Gasteiger partial charge in [-0.25, -0.2) is 0 Å². The molecule has 2 rings (SSSR count). The summed E-state index contributed by atoms with van der Waals surface area (Å²) in [5, 5.41) is 5.80. The fraction of sp³-hybridized carbons (Fsp3) is 0.300. The average Bonchev–Trinajstić information content (AvgIpc) is 2.67. The van der Waals surface area contributed by atoms with E-state index in [1.165, 1.54) is 0 Å². The molecule has 0 aliphatic heterocycles. The smallest absolute Gasteiger partial charge is 0.238 e. The van der Waals surface area contributed by atoms with Crippen LogP contribution in [0, 0.1) is 0 Å². The lowest BCUT2D eigenvalue weighted by molar-refractivity contribution is -0.118. The van der Waals surface area contributed by atoms with Crippen LogP contribution in [0.2, 0.25) is 0 Å². The van der Waals surface area contributed by atoms with Crippen molar-refractivity contribution in [1.82, 2.24) is 5.32 Å². The number of carbonyl (C=O) groups excluding carboxylic acids is 2. The Morgan fingerprint density at radius 1 is 1.04 bits per heavy atom. The highest BCUT2D eigenvalue weighted by molar-refractivity contribution is 5.94. The molecule has 0 spiro atoms. The Morgan fingerprint density at radius 3 is 2.33 bits per heavy atom. The van der Waals surface area contributed by atoms with Gasteiger partial charge in [-0.15, -0.1) is 12.4 Å². The Balaban J connectivity index is 0.00000364. The Hall–Kier alpha value is -2.41. The van der Waals surface area contributed by atoms with Gasteiger partial charge in [-0.1, -0.05) is 30.3 Å². The summed E-state index contributed by atoms with van der Waals surface area (Å²) in [4.78, 5) is 25.8. The number of para-hydroxylation sites is 1. The summed E-state index contributed by atoms with van der Waals surface area (Å²) in [5.41, 5.74) is 2.47. The number of carbonyl (C=O) groups is 2. The van der Waals surface area contributed by atoms with Gasteiger partial charge in [0.2, 0.25) is 11.8 Å². The third-order valence-electron chi connectivity index (χ3n) is 3.88. The number of rotatable bonds is 9. The van der Waals surface area contributed by atoms with Crippen molar-refractivity contribution in [3.05, 3.63) is 60.2 Å². The Kier molecular flexibility index (Phi) is 10.1. The highest BCUT2D eigenvalue weighted by Gasteiger charge is 2.11. The van der Waals surface area contributed by atoms with E-state index in [-0.39, 0.29) is 30.8 Å². The number of hydrogen-bond acceptors (Lipinski definition) is 4. The fourth-order valence-corrected chi connectivity index (χ4v) is 2.38.